The van der Waals surface area contributed by atoms with Crippen molar-refractivity contribution < 1.29 is 9.53 Å². The molecule has 1 aliphatic rings. The third-order valence-corrected chi connectivity index (χ3v) is 3.85. The van der Waals surface area contributed by atoms with Crippen LogP contribution in [0.4, 0.5) is 5.69 Å². The first kappa shape index (κ1) is 15.6. The molecular formula is C16H25N3O2. The van der Waals surface area contributed by atoms with Crippen LogP contribution >= 0.6 is 0 Å². The van der Waals surface area contributed by atoms with Crippen LogP contribution in [0.1, 0.15) is 20.3 Å². The number of carbonyl (C=O) groups excluding carboxylic acids is 1. The number of hydrogen-bond donors (Lipinski definition) is 1. The third kappa shape index (κ3) is 3.67. The topological polar surface area (TPSA) is 58.8 Å². The summed E-state index contributed by atoms with van der Waals surface area (Å²) in [5.74, 6) is 0.972. The highest BCUT2D eigenvalue weighted by Crippen LogP contribution is 2.28. The van der Waals surface area contributed by atoms with Gasteiger partial charge >= 0.3 is 0 Å². The molecule has 2 rings (SSSR count). The Hall–Kier alpha value is -1.75. The molecule has 1 fully saturated rings. The second-order valence-corrected chi connectivity index (χ2v) is 5.23. The highest BCUT2D eigenvalue weighted by atomic mass is 16.5. The van der Waals surface area contributed by atoms with E-state index in [0.717, 1.165) is 24.5 Å². The van der Waals surface area contributed by atoms with Gasteiger partial charge < -0.3 is 20.3 Å². The summed E-state index contributed by atoms with van der Waals surface area (Å²) in [5, 5.41) is 0. The van der Waals surface area contributed by atoms with Gasteiger partial charge in [0, 0.05) is 26.2 Å². The van der Waals surface area contributed by atoms with Crippen LogP contribution in [-0.2, 0) is 4.79 Å². The maximum atomic E-state index is 12.1. The van der Waals surface area contributed by atoms with Crippen molar-refractivity contribution in [3.05, 3.63) is 24.3 Å². The molecule has 0 bridgehead atoms. The lowest BCUT2D eigenvalue weighted by molar-refractivity contribution is -0.132. The molecule has 1 aromatic rings. The number of hydrogen-bond acceptors (Lipinski definition) is 4. The third-order valence-electron chi connectivity index (χ3n) is 3.85. The standard InChI is InChI=1S/C16H25N3O2/c1-3-13(17)16(20)19-11-9-18(10-12-19)14-7-5-6-8-15(14)21-4-2/h5-8,13H,3-4,9-12,17H2,1-2H3/t13-/m1/s1. The Morgan fingerprint density at radius 2 is 1.90 bits per heavy atom. The highest BCUT2D eigenvalue weighted by molar-refractivity contribution is 5.81. The van der Waals surface area contributed by atoms with Gasteiger partial charge in [-0.05, 0) is 25.5 Å². The van der Waals surface area contributed by atoms with E-state index in [4.69, 9.17) is 10.5 Å². The van der Waals surface area contributed by atoms with E-state index in [1.807, 2.05) is 36.9 Å². The van der Waals surface area contributed by atoms with Crippen molar-refractivity contribution in [3.63, 3.8) is 0 Å². The molecule has 2 N–H and O–H groups in total. The number of nitrogens with zero attached hydrogens (tertiary/aromatic N) is 2. The van der Waals surface area contributed by atoms with Crippen molar-refractivity contribution in [1.29, 1.82) is 0 Å². The van der Waals surface area contributed by atoms with Crippen molar-refractivity contribution >= 4 is 11.6 Å². The molecule has 1 saturated heterocycles. The molecule has 0 spiro atoms. The van der Waals surface area contributed by atoms with E-state index < -0.39 is 0 Å². The molecule has 0 unspecified atom stereocenters. The summed E-state index contributed by atoms with van der Waals surface area (Å²) in [6.45, 7) is 7.63. The van der Waals surface area contributed by atoms with Gasteiger partial charge in [0.15, 0.2) is 0 Å². The van der Waals surface area contributed by atoms with Gasteiger partial charge in [0.25, 0.3) is 0 Å². The number of rotatable bonds is 5. The molecule has 1 atom stereocenters. The zero-order chi connectivity index (χ0) is 15.2. The van der Waals surface area contributed by atoms with Gasteiger partial charge in [0.1, 0.15) is 5.75 Å². The van der Waals surface area contributed by atoms with Crippen molar-refractivity contribution in [3.8, 4) is 5.75 Å². The predicted molar refractivity (Wildman–Crippen MR) is 84.7 cm³/mol. The summed E-state index contributed by atoms with van der Waals surface area (Å²) in [7, 11) is 0. The first-order valence-corrected chi connectivity index (χ1v) is 7.68. The minimum absolute atomic E-state index is 0.0650. The molecule has 0 saturated carbocycles. The zero-order valence-electron chi connectivity index (χ0n) is 12.9. The van der Waals surface area contributed by atoms with E-state index in [1.165, 1.54) is 0 Å². The Labute approximate surface area is 126 Å². The number of ether oxygens (including phenoxy) is 1. The summed E-state index contributed by atoms with van der Waals surface area (Å²) < 4.78 is 5.68. The second-order valence-electron chi connectivity index (χ2n) is 5.23. The molecule has 5 nitrogen and oxygen atoms in total. The minimum atomic E-state index is -0.368. The number of para-hydroxylation sites is 2. The van der Waals surface area contributed by atoms with E-state index in [0.29, 0.717) is 26.1 Å². The van der Waals surface area contributed by atoms with Gasteiger partial charge in [-0.2, -0.15) is 0 Å². The molecule has 1 heterocycles. The fraction of sp³-hybridized carbons (Fsp3) is 0.562. The number of amides is 1. The predicted octanol–water partition coefficient (Wildman–Crippen LogP) is 1.47. The lowest BCUT2D eigenvalue weighted by Crippen LogP contribution is -2.53. The van der Waals surface area contributed by atoms with Crippen LogP contribution in [0.5, 0.6) is 5.75 Å². The van der Waals surface area contributed by atoms with Crippen LogP contribution in [0.3, 0.4) is 0 Å². The SMILES string of the molecule is CCOc1ccccc1N1CCN(C(=O)[C@H](N)CC)CC1. The van der Waals surface area contributed by atoms with E-state index >= 15 is 0 Å². The van der Waals surface area contributed by atoms with Crippen molar-refractivity contribution in [2.75, 3.05) is 37.7 Å². The van der Waals surface area contributed by atoms with E-state index in [2.05, 4.69) is 11.0 Å². The largest absolute Gasteiger partial charge is 0.492 e. The van der Waals surface area contributed by atoms with Crippen LogP contribution in [0, 0.1) is 0 Å². The minimum Gasteiger partial charge on any atom is -0.492 e. The van der Waals surface area contributed by atoms with Gasteiger partial charge in [0.2, 0.25) is 5.91 Å². The number of nitrogens with two attached hydrogens (primary N) is 1. The monoisotopic (exact) mass is 291 g/mol. The number of benzene rings is 1. The van der Waals surface area contributed by atoms with Gasteiger partial charge in [-0.3, -0.25) is 4.79 Å². The van der Waals surface area contributed by atoms with Crippen molar-refractivity contribution in [1.82, 2.24) is 4.90 Å². The molecule has 0 aliphatic carbocycles. The maximum absolute atomic E-state index is 12.1. The lowest BCUT2D eigenvalue weighted by atomic mass is 10.2. The Morgan fingerprint density at radius 3 is 2.52 bits per heavy atom. The Balaban J connectivity index is 1.99. The van der Waals surface area contributed by atoms with Crippen LogP contribution in [0.25, 0.3) is 0 Å². The summed E-state index contributed by atoms with van der Waals surface area (Å²) in [6, 6.07) is 7.69. The molecule has 21 heavy (non-hydrogen) atoms. The second kappa shape index (κ2) is 7.31. The first-order valence-electron chi connectivity index (χ1n) is 7.68. The summed E-state index contributed by atoms with van der Waals surface area (Å²) in [5.41, 5.74) is 6.93. The summed E-state index contributed by atoms with van der Waals surface area (Å²) in [4.78, 5) is 16.2. The van der Waals surface area contributed by atoms with Gasteiger partial charge in [-0.25, -0.2) is 0 Å². The molecule has 1 amide bonds. The van der Waals surface area contributed by atoms with Crippen LogP contribution in [0.2, 0.25) is 0 Å². The first-order chi connectivity index (χ1) is 10.2. The van der Waals surface area contributed by atoms with Crippen LogP contribution < -0.4 is 15.4 Å². The van der Waals surface area contributed by atoms with Crippen molar-refractivity contribution in [2.24, 2.45) is 5.73 Å². The smallest absolute Gasteiger partial charge is 0.239 e. The number of anilines is 1. The quantitative estimate of drug-likeness (QED) is 0.892. The molecule has 0 radical (unpaired) electrons. The zero-order valence-corrected chi connectivity index (χ0v) is 12.9. The molecule has 116 valence electrons. The van der Waals surface area contributed by atoms with E-state index in [1.54, 1.807) is 0 Å². The molecule has 1 aliphatic heterocycles. The maximum Gasteiger partial charge on any atom is 0.239 e. The van der Waals surface area contributed by atoms with E-state index in [9.17, 15) is 4.79 Å². The molecular weight excluding hydrogens is 266 g/mol. The molecule has 1 aromatic carbocycles. The fourth-order valence-electron chi connectivity index (χ4n) is 2.57. The fourth-order valence-corrected chi connectivity index (χ4v) is 2.57. The van der Waals surface area contributed by atoms with Crippen molar-refractivity contribution in [2.45, 2.75) is 26.3 Å². The molecule has 5 heteroatoms. The van der Waals surface area contributed by atoms with Gasteiger partial charge in [-0.1, -0.05) is 19.1 Å². The van der Waals surface area contributed by atoms with Crippen LogP contribution in [0.15, 0.2) is 24.3 Å². The average molecular weight is 291 g/mol. The van der Waals surface area contributed by atoms with Gasteiger partial charge in [-0.15, -0.1) is 0 Å². The Bertz CT molecular complexity index is 470. The molecule has 0 aromatic heterocycles. The summed E-state index contributed by atoms with van der Waals surface area (Å²) >= 11 is 0. The number of piperazine rings is 1. The normalized spacial score (nSPS) is 16.7. The summed E-state index contributed by atoms with van der Waals surface area (Å²) in [6.07, 6.45) is 0.687. The Morgan fingerprint density at radius 1 is 1.24 bits per heavy atom. The van der Waals surface area contributed by atoms with Gasteiger partial charge in [0.05, 0.1) is 18.3 Å². The Kier molecular flexibility index (Phi) is 5.44. The highest BCUT2D eigenvalue weighted by Gasteiger charge is 2.25. The average Bonchev–Trinajstić information content (AvgIpc) is 2.54. The lowest BCUT2D eigenvalue weighted by Gasteiger charge is -2.37. The van der Waals surface area contributed by atoms with E-state index in [-0.39, 0.29) is 11.9 Å². The van der Waals surface area contributed by atoms with Crippen LogP contribution in [-0.4, -0.2) is 49.6 Å². The number of carbonyl (C=O) groups is 1.